The smallest absolute Gasteiger partial charge is 0.138 e. The Bertz CT molecular complexity index is 1610. The minimum absolute atomic E-state index is 0.622. The van der Waals surface area contributed by atoms with Gasteiger partial charge in [0.15, 0.2) is 0 Å². The first-order chi connectivity index (χ1) is 17.2. The topological polar surface area (TPSA) is 69.8 Å². The third kappa shape index (κ3) is 4.20. The van der Waals surface area contributed by atoms with Crippen LogP contribution in [-0.2, 0) is 0 Å². The summed E-state index contributed by atoms with van der Waals surface area (Å²) in [4.78, 5) is 10.1. The lowest BCUT2D eigenvalue weighted by molar-refractivity contribution is 0.261. The molecule has 4 aromatic heterocycles. The van der Waals surface area contributed by atoms with Crippen LogP contribution in [0.25, 0.3) is 55.4 Å². The highest BCUT2D eigenvalue weighted by atomic mass is 32.1. The summed E-state index contributed by atoms with van der Waals surface area (Å²) in [5, 5.41) is 14.4. The van der Waals surface area contributed by atoms with Gasteiger partial charge < -0.3 is 14.6 Å². The number of hydrogen-bond donors (Lipinski definition) is 2. The van der Waals surface area contributed by atoms with Gasteiger partial charge in [0.1, 0.15) is 18.1 Å². The molecule has 0 aliphatic carbocycles. The van der Waals surface area contributed by atoms with Gasteiger partial charge >= 0.3 is 0 Å². The molecule has 4 heterocycles. The number of nitrogens with one attached hydrogen (secondary N) is 2. The predicted octanol–water partition coefficient (Wildman–Crippen LogP) is 6.44. The van der Waals surface area contributed by atoms with Crippen molar-refractivity contribution in [2.24, 2.45) is 0 Å². The van der Waals surface area contributed by atoms with Crippen molar-refractivity contribution in [3.63, 3.8) is 0 Å². The number of thiophene rings is 1. The zero-order valence-corrected chi connectivity index (χ0v) is 20.4. The number of benzene rings is 2. The summed E-state index contributed by atoms with van der Waals surface area (Å²) in [5.41, 5.74) is 8.53. The normalized spacial score (nSPS) is 11.6. The summed E-state index contributed by atoms with van der Waals surface area (Å²) in [6.07, 6.45) is 3.63. The quantitative estimate of drug-likeness (QED) is 0.276. The number of H-pyrrole nitrogens is 2. The zero-order chi connectivity index (χ0) is 23.8. The first-order valence-corrected chi connectivity index (χ1v) is 12.5. The van der Waals surface area contributed by atoms with E-state index in [0.717, 1.165) is 51.2 Å². The zero-order valence-electron chi connectivity index (χ0n) is 19.6. The van der Waals surface area contributed by atoms with Crippen LogP contribution in [0.5, 0.6) is 5.75 Å². The number of pyridine rings is 1. The SMILES string of the molecule is CN(C)CCOc1cncc(-c2ccc3[nH]nc(-c4cc5c(-c6ccsc6)cccc5[nH]4)c3c2)c1. The van der Waals surface area contributed by atoms with Gasteiger partial charge in [-0.05, 0) is 77.9 Å². The number of nitrogens with zero attached hydrogens (tertiary/aromatic N) is 3. The van der Waals surface area contributed by atoms with Crippen LogP contribution in [0.1, 0.15) is 0 Å². The monoisotopic (exact) mass is 479 g/mol. The van der Waals surface area contributed by atoms with Gasteiger partial charge in [0, 0.05) is 34.6 Å². The van der Waals surface area contributed by atoms with Crippen molar-refractivity contribution in [3.05, 3.63) is 77.8 Å². The Kier molecular flexibility index (Phi) is 5.56. The fraction of sp³-hybridized carbons (Fsp3) is 0.143. The van der Waals surface area contributed by atoms with E-state index in [2.05, 4.69) is 84.4 Å². The minimum atomic E-state index is 0.622. The van der Waals surface area contributed by atoms with E-state index in [1.54, 1.807) is 17.5 Å². The lowest BCUT2D eigenvalue weighted by atomic mass is 10.0. The van der Waals surface area contributed by atoms with Crippen LogP contribution < -0.4 is 4.74 Å². The molecule has 2 N–H and O–H groups in total. The molecule has 0 saturated carbocycles. The maximum atomic E-state index is 5.89. The highest BCUT2D eigenvalue weighted by Gasteiger charge is 2.14. The largest absolute Gasteiger partial charge is 0.491 e. The summed E-state index contributed by atoms with van der Waals surface area (Å²) >= 11 is 1.71. The number of aromatic nitrogens is 4. The van der Waals surface area contributed by atoms with Crippen molar-refractivity contribution < 1.29 is 4.74 Å². The lowest BCUT2D eigenvalue weighted by Gasteiger charge is -2.11. The molecule has 0 radical (unpaired) electrons. The second-order valence-corrected chi connectivity index (χ2v) is 9.64. The Labute approximate surface area is 207 Å². The first-order valence-electron chi connectivity index (χ1n) is 11.5. The molecule has 0 spiro atoms. The van der Waals surface area contributed by atoms with Crippen LogP contribution in [0.2, 0.25) is 0 Å². The molecular formula is C28H25N5OS. The molecule has 0 atom stereocenters. The van der Waals surface area contributed by atoms with Gasteiger partial charge in [-0.2, -0.15) is 16.4 Å². The summed E-state index contributed by atoms with van der Waals surface area (Å²) in [5.74, 6) is 0.772. The molecule has 6 nitrogen and oxygen atoms in total. The van der Waals surface area contributed by atoms with E-state index in [1.807, 2.05) is 26.4 Å². The van der Waals surface area contributed by atoms with Crippen LogP contribution in [0, 0.1) is 0 Å². The van der Waals surface area contributed by atoms with E-state index >= 15 is 0 Å². The summed E-state index contributed by atoms with van der Waals surface area (Å²) in [6.45, 7) is 1.48. The van der Waals surface area contributed by atoms with Gasteiger partial charge in [-0.3, -0.25) is 10.1 Å². The molecule has 6 aromatic rings. The standard InChI is InChI=1S/C28H25N5OS/c1-33(2)9-10-34-21-12-20(15-29-16-21)18-6-7-26-24(13-18)28(32-31-26)27-14-23-22(19-8-11-35-17-19)4-3-5-25(23)30-27/h3-8,11-17,30H,9-10H2,1-2H3,(H,31,32). The summed E-state index contributed by atoms with van der Waals surface area (Å²) in [6, 6.07) is 19.1. The fourth-order valence-electron chi connectivity index (χ4n) is 4.35. The van der Waals surface area contributed by atoms with Crippen molar-refractivity contribution in [1.82, 2.24) is 25.1 Å². The van der Waals surface area contributed by atoms with Gasteiger partial charge in [0.05, 0.1) is 17.4 Å². The highest BCUT2D eigenvalue weighted by molar-refractivity contribution is 7.08. The van der Waals surface area contributed by atoms with Gasteiger partial charge in [0.25, 0.3) is 0 Å². The number of aromatic amines is 2. The molecule has 2 aromatic carbocycles. The lowest BCUT2D eigenvalue weighted by Crippen LogP contribution is -2.19. The Balaban J connectivity index is 1.38. The Hall–Kier alpha value is -3.94. The van der Waals surface area contributed by atoms with E-state index < -0.39 is 0 Å². The Morgan fingerprint density at radius 2 is 1.86 bits per heavy atom. The molecule has 0 aliphatic heterocycles. The molecule has 6 rings (SSSR count). The number of ether oxygens (including phenoxy) is 1. The number of hydrogen-bond acceptors (Lipinski definition) is 5. The van der Waals surface area contributed by atoms with Crippen molar-refractivity contribution in [1.29, 1.82) is 0 Å². The molecule has 0 fully saturated rings. The minimum Gasteiger partial charge on any atom is -0.491 e. The molecule has 35 heavy (non-hydrogen) atoms. The van der Waals surface area contributed by atoms with Crippen LogP contribution >= 0.6 is 11.3 Å². The average molecular weight is 480 g/mol. The molecule has 174 valence electrons. The van der Waals surface area contributed by atoms with Crippen LogP contribution in [0.3, 0.4) is 0 Å². The molecule has 0 bridgehead atoms. The highest BCUT2D eigenvalue weighted by Crippen LogP contribution is 2.36. The van der Waals surface area contributed by atoms with Crippen LogP contribution in [-0.4, -0.2) is 52.3 Å². The molecule has 7 heteroatoms. The maximum Gasteiger partial charge on any atom is 0.138 e. The van der Waals surface area contributed by atoms with Crippen LogP contribution in [0.4, 0.5) is 0 Å². The van der Waals surface area contributed by atoms with E-state index in [9.17, 15) is 0 Å². The Morgan fingerprint density at radius 3 is 2.71 bits per heavy atom. The van der Waals surface area contributed by atoms with Crippen LogP contribution in [0.15, 0.2) is 77.8 Å². The van der Waals surface area contributed by atoms with E-state index in [4.69, 9.17) is 4.74 Å². The van der Waals surface area contributed by atoms with Crippen molar-refractivity contribution in [2.45, 2.75) is 0 Å². The second kappa shape index (κ2) is 9.02. The molecule has 0 saturated heterocycles. The first kappa shape index (κ1) is 21.6. The van der Waals surface area contributed by atoms with E-state index in [0.29, 0.717) is 6.61 Å². The van der Waals surface area contributed by atoms with Crippen molar-refractivity contribution >= 4 is 33.1 Å². The third-order valence-corrected chi connectivity index (χ3v) is 6.85. The molecule has 0 amide bonds. The molecule has 0 aliphatic rings. The van der Waals surface area contributed by atoms with Gasteiger partial charge in [-0.1, -0.05) is 18.2 Å². The second-order valence-electron chi connectivity index (χ2n) is 8.86. The van der Waals surface area contributed by atoms with Crippen molar-refractivity contribution in [3.8, 4) is 39.4 Å². The van der Waals surface area contributed by atoms with Crippen molar-refractivity contribution in [2.75, 3.05) is 27.2 Å². The summed E-state index contributed by atoms with van der Waals surface area (Å²) in [7, 11) is 4.07. The number of fused-ring (bicyclic) bond motifs is 2. The number of likely N-dealkylation sites (N-methyl/N-ethyl adjacent to an activating group) is 1. The van der Waals surface area contributed by atoms with E-state index in [-0.39, 0.29) is 0 Å². The summed E-state index contributed by atoms with van der Waals surface area (Å²) < 4.78 is 5.89. The van der Waals surface area contributed by atoms with Gasteiger partial charge in [0.2, 0.25) is 0 Å². The molecule has 0 unspecified atom stereocenters. The average Bonchev–Trinajstić information content (AvgIpc) is 3.62. The predicted molar refractivity (Wildman–Crippen MR) is 144 cm³/mol. The van der Waals surface area contributed by atoms with Gasteiger partial charge in [-0.15, -0.1) is 0 Å². The Morgan fingerprint density at radius 1 is 0.914 bits per heavy atom. The maximum absolute atomic E-state index is 5.89. The third-order valence-electron chi connectivity index (χ3n) is 6.17. The fourth-order valence-corrected chi connectivity index (χ4v) is 5.01. The number of rotatable bonds is 7. The molecular weight excluding hydrogens is 454 g/mol. The van der Waals surface area contributed by atoms with E-state index in [1.165, 1.54) is 16.5 Å². The van der Waals surface area contributed by atoms with Gasteiger partial charge in [-0.25, -0.2) is 0 Å².